The van der Waals surface area contributed by atoms with Crippen molar-refractivity contribution in [3.63, 3.8) is 0 Å². The van der Waals surface area contributed by atoms with E-state index < -0.39 is 19.4 Å². The predicted molar refractivity (Wildman–Crippen MR) is 109 cm³/mol. The highest BCUT2D eigenvalue weighted by molar-refractivity contribution is 7.56. The van der Waals surface area contributed by atoms with E-state index >= 15 is 0 Å². The Labute approximate surface area is 168 Å². The van der Waals surface area contributed by atoms with Crippen molar-refractivity contribution in [1.29, 1.82) is 0 Å². The van der Waals surface area contributed by atoms with Gasteiger partial charge in [0.25, 0.3) is 0 Å². The summed E-state index contributed by atoms with van der Waals surface area (Å²) in [5.41, 5.74) is 0. The second-order valence-corrected chi connectivity index (χ2v) is 10.8. The minimum absolute atomic E-state index is 0.00616. The minimum Gasteiger partial charge on any atom is -0.481 e. The highest BCUT2D eigenvalue weighted by Gasteiger charge is 2.35. The molecule has 28 heavy (non-hydrogen) atoms. The number of hydrogen-bond donors (Lipinski definition) is 2. The molecule has 162 valence electrons. The predicted octanol–water partition coefficient (Wildman–Crippen LogP) is 5.16. The van der Waals surface area contributed by atoms with Crippen molar-refractivity contribution in [2.24, 2.45) is 16.6 Å². The van der Waals surface area contributed by atoms with Crippen molar-refractivity contribution >= 4 is 19.4 Å². The molecule has 8 heteroatoms. The summed E-state index contributed by atoms with van der Waals surface area (Å²) < 4.78 is 18.0. The molecule has 0 aliphatic heterocycles. The van der Waals surface area contributed by atoms with E-state index in [0.717, 1.165) is 38.3 Å². The minimum atomic E-state index is -2.45. The molecule has 0 saturated heterocycles. The lowest BCUT2D eigenvalue weighted by atomic mass is 9.88. The summed E-state index contributed by atoms with van der Waals surface area (Å²) in [6.45, 7) is 6.15. The van der Waals surface area contributed by atoms with Crippen molar-refractivity contribution in [3.05, 3.63) is 0 Å². The number of hydrogen-bond acceptors (Lipinski definition) is 5. The average Bonchev–Trinajstić information content (AvgIpc) is 2.62. The van der Waals surface area contributed by atoms with Gasteiger partial charge in [-0.1, -0.05) is 6.92 Å². The summed E-state index contributed by atoms with van der Waals surface area (Å²) in [5.74, 6) is -1.97. The Kier molecular flexibility index (Phi) is 8.97. The van der Waals surface area contributed by atoms with Gasteiger partial charge in [-0.25, -0.2) is 0 Å². The van der Waals surface area contributed by atoms with Crippen molar-refractivity contribution in [1.82, 2.24) is 0 Å². The van der Waals surface area contributed by atoms with Gasteiger partial charge in [0.2, 0.25) is 7.51 Å². The van der Waals surface area contributed by atoms with Crippen LogP contribution in [0, 0.1) is 11.8 Å². The van der Waals surface area contributed by atoms with E-state index in [2.05, 4.69) is 6.92 Å². The van der Waals surface area contributed by atoms with E-state index in [-0.39, 0.29) is 30.1 Å². The van der Waals surface area contributed by atoms with Crippen LogP contribution in [0.15, 0.2) is 4.74 Å². The highest BCUT2D eigenvalue weighted by Crippen LogP contribution is 2.57. The summed E-state index contributed by atoms with van der Waals surface area (Å²) in [4.78, 5) is 22.4. The average molecular weight is 417 g/mol. The lowest BCUT2D eigenvalue weighted by Crippen LogP contribution is -2.28. The van der Waals surface area contributed by atoms with Gasteiger partial charge in [-0.15, -0.1) is 0 Å². The van der Waals surface area contributed by atoms with Gasteiger partial charge in [-0.3, -0.25) is 14.3 Å². The summed E-state index contributed by atoms with van der Waals surface area (Å²) in [6.07, 6.45) is 7.10. The molecule has 0 unspecified atom stereocenters. The molecular formula is C20H36NO6P. The first-order chi connectivity index (χ1) is 13.2. The third-order valence-corrected chi connectivity index (χ3v) is 8.67. The van der Waals surface area contributed by atoms with Crippen LogP contribution in [0.3, 0.4) is 0 Å². The van der Waals surface area contributed by atoms with Gasteiger partial charge in [-0.05, 0) is 71.6 Å². The molecule has 2 saturated carbocycles. The highest BCUT2D eigenvalue weighted by atomic mass is 31.2. The number of carbonyl (C=O) groups is 2. The van der Waals surface area contributed by atoms with Crippen LogP contribution in [0.25, 0.3) is 0 Å². The Bertz CT molecular complexity index is 537. The van der Waals surface area contributed by atoms with Crippen molar-refractivity contribution < 1.29 is 28.8 Å². The monoisotopic (exact) mass is 417 g/mol. The summed E-state index contributed by atoms with van der Waals surface area (Å²) >= 11 is 0. The lowest BCUT2D eigenvalue weighted by molar-refractivity contribution is -0.144. The molecule has 0 heterocycles. The number of carboxylic acids is 2. The second-order valence-electron chi connectivity index (χ2n) is 8.40. The van der Waals surface area contributed by atoms with Crippen LogP contribution in [-0.4, -0.2) is 46.6 Å². The molecule has 2 fully saturated rings. The molecule has 0 aromatic carbocycles. The summed E-state index contributed by atoms with van der Waals surface area (Å²) in [5, 5.41) is 18.4. The number of nitrogens with zero attached hydrogens (tertiary/aromatic N) is 1. The first-order valence-electron chi connectivity index (χ1n) is 10.7. The van der Waals surface area contributed by atoms with Gasteiger partial charge in [-0.2, -0.15) is 0 Å². The molecule has 2 aliphatic rings. The first-order valence-corrected chi connectivity index (χ1v) is 12.4. The van der Waals surface area contributed by atoms with E-state index in [4.69, 9.17) is 13.8 Å². The van der Waals surface area contributed by atoms with Gasteiger partial charge >= 0.3 is 11.9 Å². The largest absolute Gasteiger partial charge is 0.481 e. The van der Waals surface area contributed by atoms with E-state index in [9.17, 15) is 19.8 Å². The van der Waals surface area contributed by atoms with Gasteiger partial charge in [0, 0.05) is 12.2 Å². The quantitative estimate of drug-likeness (QED) is 0.502. The lowest BCUT2D eigenvalue weighted by Gasteiger charge is -2.36. The smallest absolute Gasteiger partial charge is 0.306 e. The Balaban J connectivity index is 2.08. The zero-order chi connectivity index (χ0) is 20.7. The van der Waals surface area contributed by atoms with E-state index in [0.29, 0.717) is 25.7 Å². The summed E-state index contributed by atoms with van der Waals surface area (Å²) in [6, 6.07) is 0.0885. The topological polar surface area (TPSA) is 105 Å². The Hall–Kier alpha value is -0.910. The SMILES string of the molecule is CCCP(=NC(C)C)(OC1CCC(C(=O)O)CC1)OC1CCC(C(=O)O)CC1. The van der Waals surface area contributed by atoms with Crippen LogP contribution in [-0.2, 0) is 18.6 Å². The van der Waals surface area contributed by atoms with Gasteiger partial charge in [0.05, 0.1) is 24.0 Å². The van der Waals surface area contributed by atoms with Crippen molar-refractivity contribution in [2.45, 2.75) is 96.8 Å². The van der Waals surface area contributed by atoms with Gasteiger partial charge < -0.3 is 19.3 Å². The zero-order valence-corrected chi connectivity index (χ0v) is 18.3. The van der Waals surface area contributed by atoms with Crippen LogP contribution < -0.4 is 0 Å². The molecular weight excluding hydrogens is 381 g/mol. The maximum atomic E-state index is 11.2. The van der Waals surface area contributed by atoms with Crippen LogP contribution in [0.2, 0.25) is 0 Å². The second kappa shape index (κ2) is 10.7. The molecule has 2 N–H and O–H groups in total. The number of carboxylic acid groups (broad SMARTS) is 2. The Morgan fingerprint density at radius 3 is 1.57 bits per heavy atom. The van der Waals surface area contributed by atoms with Gasteiger partial charge in [0.15, 0.2) is 0 Å². The fourth-order valence-corrected chi connectivity index (χ4v) is 7.28. The Morgan fingerprint density at radius 1 is 0.893 bits per heavy atom. The van der Waals surface area contributed by atoms with Gasteiger partial charge in [0.1, 0.15) is 0 Å². The molecule has 0 spiro atoms. The Morgan fingerprint density at radius 2 is 1.29 bits per heavy atom. The van der Waals surface area contributed by atoms with Crippen LogP contribution in [0.5, 0.6) is 0 Å². The normalized spacial score (nSPS) is 30.6. The number of rotatable bonds is 9. The van der Waals surface area contributed by atoms with Crippen LogP contribution in [0.4, 0.5) is 0 Å². The molecule has 2 rings (SSSR count). The molecule has 0 aromatic heterocycles. The van der Waals surface area contributed by atoms with E-state index in [1.807, 2.05) is 13.8 Å². The van der Waals surface area contributed by atoms with Crippen LogP contribution >= 0.6 is 7.51 Å². The molecule has 0 amide bonds. The third-order valence-electron chi connectivity index (χ3n) is 5.59. The molecule has 0 aromatic rings. The molecule has 2 aliphatic carbocycles. The maximum absolute atomic E-state index is 11.2. The maximum Gasteiger partial charge on any atom is 0.306 e. The van der Waals surface area contributed by atoms with Crippen LogP contribution in [0.1, 0.15) is 78.6 Å². The fraction of sp³-hybridized carbons (Fsp3) is 0.900. The molecule has 0 atom stereocenters. The summed E-state index contributed by atoms with van der Waals surface area (Å²) in [7, 11) is -2.45. The zero-order valence-electron chi connectivity index (χ0n) is 17.4. The number of aliphatic carboxylic acids is 2. The fourth-order valence-electron chi connectivity index (χ4n) is 4.17. The third kappa shape index (κ3) is 6.85. The molecule has 7 nitrogen and oxygen atoms in total. The van der Waals surface area contributed by atoms with Crippen molar-refractivity contribution in [3.8, 4) is 0 Å². The first kappa shape index (κ1) is 23.4. The van der Waals surface area contributed by atoms with E-state index in [1.165, 1.54) is 0 Å². The molecule has 0 bridgehead atoms. The molecule has 0 radical (unpaired) electrons. The standard InChI is InChI=1S/C20H36NO6P/c1-4-13-28(21-14(2)3,26-17-9-5-15(6-10-17)19(22)23)27-18-11-7-16(8-12-18)20(24)25/h14-18H,4-13H2,1-3H3,(H,22,23)(H,24,25). The van der Waals surface area contributed by atoms with Crippen molar-refractivity contribution in [2.75, 3.05) is 6.16 Å². The van der Waals surface area contributed by atoms with E-state index in [1.54, 1.807) is 0 Å².